The average Bonchev–Trinajstić information content (AvgIpc) is 3.12. The van der Waals surface area contributed by atoms with E-state index >= 15 is 0 Å². The third-order valence-electron chi connectivity index (χ3n) is 4.94. The molecule has 10 heteroatoms. The van der Waals surface area contributed by atoms with Crippen molar-refractivity contribution in [2.45, 2.75) is 32.2 Å². The first kappa shape index (κ1) is 21.9. The molecule has 0 spiro atoms. The Bertz CT molecular complexity index is 1140. The van der Waals surface area contributed by atoms with E-state index in [0.29, 0.717) is 16.8 Å². The van der Waals surface area contributed by atoms with Gasteiger partial charge in [-0.25, -0.2) is 22.5 Å². The van der Waals surface area contributed by atoms with Crippen molar-refractivity contribution in [2.75, 3.05) is 13.2 Å². The van der Waals surface area contributed by atoms with Gasteiger partial charge in [-0.2, -0.15) is 0 Å². The summed E-state index contributed by atoms with van der Waals surface area (Å²) in [5.74, 6) is -6.39. The zero-order chi connectivity index (χ0) is 23.0. The number of hydrogen-bond acceptors (Lipinski definition) is 5. The van der Waals surface area contributed by atoms with Crippen LogP contribution in [0.15, 0.2) is 34.7 Å². The van der Waals surface area contributed by atoms with Gasteiger partial charge in [0.25, 0.3) is 5.92 Å². The molecule has 0 aliphatic heterocycles. The molecular weight excluding hydrogens is 432 g/mol. The molecule has 170 valence electrons. The summed E-state index contributed by atoms with van der Waals surface area (Å²) in [7, 11) is 0. The van der Waals surface area contributed by atoms with Crippen molar-refractivity contribution in [2.24, 2.45) is 5.92 Å². The summed E-state index contributed by atoms with van der Waals surface area (Å²) >= 11 is 0. The van der Waals surface area contributed by atoms with Gasteiger partial charge < -0.3 is 19.2 Å². The van der Waals surface area contributed by atoms with Crippen molar-refractivity contribution >= 4 is 17.0 Å². The number of carbonyl (C=O) groups is 1. The predicted molar refractivity (Wildman–Crippen MR) is 107 cm³/mol. The first-order valence-corrected chi connectivity index (χ1v) is 9.93. The van der Waals surface area contributed by atoms with Crippen LogP contribution in [0.2, 0.25) is 0 Å². The summed E-state index contributed by atoms with van der Waals surface area (Å²) in [6, 6.07) is 6.60. The van der Waals surface area contributed by atoms with Gasteiger partial charge >= 0.3 is 0 Å². The van der Waals surface area contributed by atoms with E-state index in [9.17, 15) is 22.4 Å². The summed E-state index contributed by atoms with van der Waals surface area (Å²) < 4.78 is 70.8. The predicted octanol–water partition coefficient (Wildman–Crippen LogP) is 4.71. The molecule has 1 amide bonds. The van der Waals surface area contributed by atoms with Gasteiger partial charge in [0, 0.05) is 25.0 Å². The lowest BCUT2D eigenvalue weighted by atomic mass is 10.2. The van der Waals surface area contributed by atoms with E-state index in [1.165, 1.54) is 6.92 Å². The first-order valence-electron chi connectivity index (χ1n) is 9.93. The maximum absolute atomic E-state index is 14.4. The molecule has 0 bridgehead atoms. The van der Waals surface area contributed by atoms with E-state index < -0.39 is 35.8 Å². The molecule has 4 rings (SSSR count). The van der Waals surface area contributed by atoms with Gasteiger partial charge in [0.2, 0.25) is 11.8 Å². The minimum absolute atomic E-state index is 0.0261. The van der Waals surface area contributed by atoms with Crippen LogP contribution in [0.3, 0.4) is 0 Å². The quantitative estimate of drug-likeness (QED) is 0.501. The number of carbonyl (C=O) groups excluding carboxylic acids is 1. The summed E-state index contributed by atoms with van der Waals surface area (Å²) in [4.78, 5) is 15.3. The molecular formula is C22H20F4N2O4. The van der Waals surface area contributed by atoms with Crippen molar-refractivity contribution in [1.82, 2.24) is 10.3 Å². The average molecular weight is 452 g/mol. The fraction of sp³-hybridized carbons (Fsp3) is 0.364. The minimum atomic E-state index is -2.84. The highest BCUT2D eigenvalue weighted by molar-refractivity contribution is 5.77. The lowest BCUT2D eigenvalue weighted by molar-refractivity contribution is -0.119. The molecule has 1 N–H and O–H groups in total. The largest absolute Gasteiger partial charge is 0.491 e. The van der Waals surface area contributed by atoms with Crippen LogP contribution in [0, 0.1) is 17.6 Å². The van der Waals surface area contributed by atoms with Crippen LogP contribution in [0.1, 0.15) is 20.3 Å². The topological polar surface area (TPSA) is 73.6 Å². The van der Waals surface area contributed by atoms with Crippen molar-refractivity contribution in [3.05, 3.63) is 42.0 Å². The van der Waals surface area contributed by atoms with Gasteiger partial charge in [0.15, 0.2) is 23.0 Å². The van der Waals surface area contributed by atoms with Gasteiger partial charge in [-0.15, -0.1) is 0 Å². The molecule has 32 heavy (non-hydrogen) atoms. The SMILES string of the molecule is CC(=O)N[C@@H](C)COc1ccc2nc(-c3cc(F)c(OCC4CC4(F)F)c(F)c3)oc2c1. The number of halogens is 4. The standard InChI is InChI=1S/C22H20F4N2O4/c1-11(27-12(2)29)9-30-15-3-4-18-19(7-15)32-21(28-18)13-5-16(23)20(17(24)6-13)31-10-14-8-22(14,25)26/h3-7,11,14H,8-10H2,1-2H3,(H,27,29)/t11-,14?/m0/s1. The highest BCUT2D eigenvalue weighted by Gasteiger charge is 2.57. The van der Waals surface area contributed by atoms with Crippen LogP contribution < -0.4 is 14.8 Å². The second kappa shape index (κ2) is 8.33. The molecule has 1 aliphatic rings. The van der Waals surface area contributed by atoms with Crippen LogP contribution >= 0.6 is 0 Å². The lowest BCUT2D eigenvalue weighted by Crippen LogP contribution is -2.35. The molecule has 1 heterocycles. The number of hydrogen-bond donors (Lipinski definition) is 1. The van der Waals surface area contributed by atoms with Crippen LogP contribution in [0.4, 0.5) is 17.6 Å². The number of fused-ring (bicyclic) bond motifs is 1. The third kappa shape index (κ3) is 4.79. The van der Waals surface area contributed by atoms with Gasteiger partial charge in [0.1, 0.15) is 17.9 Å². The first-order chi connectivity index (χ1) is 15.1. The van der Waals surface area contributed by atoms with E-state index in [-0.39, 0.29) is 36.4 Å². The molecule has 1 fully saturated rings. The number of alkyl halides is 2. The second-order valence-electron chi connectivity index (χ2n) is 7.80. The summed E-state index contributed by atoms with van der Waals surface area (Å²) in [6.07, 6.45) is -0.352. The van der Waals surface area contributed by atoms with E-state index in [1.807, 2.05) is 0 Å². The van der Waals surface area contributed by atoms with Crippen LogP contribution in [-0.2, 0) is 4.79 Å². The number of rotatable bonds is 8. The molecule has 6 nitrogen and oxygen atoms in total. The number of oxazole rings is 1. The zero-order valence-corrected chi connectivity index (χ0v) is 17.3. The van der Waals surface area contributed by atoms with E-state index in [1.54, 1.807) is 25.1 Å². The van der Waals surface area contributed by atoms with E-state index in [2.05, 4.69) is 10.3 Å². The van der Waals surface area contributed by atoms with Crippen LogP contribution in [0.5, 0.6) is 11.5 Å². The highest BCUT2D eigenvalue weighted by Crippen LogP contribution is 2.48. The number of nitrogens with one attached hydrogen (secondary N) is 1. The normalized spacial score (nSPS) is 17.8. The Kier molecular flexibility index (Phi) is 5.70. The maximum Gasteiger partial charge on any atom is 0.255 e. The Morgan fingerprint density at radius 1 is 1.25 bits per heavy atom. The molecule has 1 saturated carbocycles. The van der Waals surface area contributed by atoms with Crippen LogP contribution in [0.25, 0.3) is 22.6 Å². The van der Waals surface area contributed by atoms with Crippen molar-refractivity contribution in [1.29, 1.82) is 0 Å². The number of ether oxygens (including phenoxy) is 2. The molecule has 1 unspecified atom stereocenters. The number of aromatic nitrogens is 1. The summed E-state index contributed by atoms with van der Waals surface area (Å²) in [6.45, 7) is 2.97. The number of nitrogens with zero attached hydrogens (tertiary/aromatic N) is 1. The lowest BCUT2D eigenvalue weighted by Gasteiger charge is -2.13. The Hall–Kier alpha value is -3.30. The fourth-order valence-electron chi connectivity index (χ4n) is 3.18. The van der Waals surface area contributed by atoms with Crippen molar-refractivity contribution < 1.29 is 36.2 Å². The minimum Gasteiger partial charge on any atom is -0.491 e. The number of amides is 1. The second-order valence-corrected chi connectivity index (χ2v) is 7.80. The summed E-state index contributed by atoms with van der Waals surface area (Å²) in [5.41, 5.74) is 0.809. The fourth-order valence-corrected chi connectivity index (χ4v) is 3.18. The highest BCUT2D eigenvalue weighted by atomic mass is 19.3. The van der Waals surface area contributed by atoms with Gasteiger partial charge in [-0.1, -0.05) is 0 Å². The Morgan fingerprint density at radius 2 is 1.94 bits per heavy atom. The van der Waals surface area contributed by atoms with E-state index in [4.69, 9.17) is 13.9 Å². The number of benzene rings is 2. The zero-order valence-electron chi connectivity index (χ0n) is 17.3. The maximum atomic E-state index is 14.4. The molecule has 0 saturated heterocycles. The van der Waals surface area contributed by atoms with Gasteiger partial charge in [0.05, 0.1) is 18.6 Å². The van der Waals surface area contributed by atoms with E-state index in [0.717, 1.165) is 12.1 Å². The molecule has 2 aromatic carbocycles. The third-order valence-corrected chi connectivity index (χ3v) is 4.94. The van der Waals surface area contributed by atoms with Gasteiger partial charge in [-0.3, -0.25) is 4.79 Å². The smallest absolute Gasteiger partial charge is 0.255 e. The summed E-state index contributed by atoms with van der Waals surface area (Å²) in [5, 5.41) is 2.70. The monoisotopic (exact) mass is 452 g/mol. The van der Waals surface area contributed by atoms with Crippen molar-refractivity contribution in [3.63, 3.8) is 0 Å². The van der Waals surface area contributed by atoms with Gasteiger partial charge in [-0.05, 0) is 31.2 Å². The van der Waals surface area contributed by atoms with Crippen LogP contribution in [-0.4, -0.2) is 36.1 Å². The Balaban J connectivity index is 1.48. The van der Waals surface area contributed by atoms with Crippen molar-refractivity contribution in [3.8, 4) is 23.0 Å². The Labute approximate surface area is 180 Å². The molecule has 3 aromatic rings. The molecule has 1 aromatic heterocycles. The Morgan fingerprint density at radius 3 is 2.56 bits per heavy atom. The molecule has 0 radical (unpaired) electrons. The molecule has 1 aliphatic carbocycles. The molecule has 2 atom stereocenters.